The molecule has 0 saturated heterocycles. The van der Waals surface area contributed by atoms with Gasteiger partial charge >= 0.3 is 0 Å². The summed E-state index contributed by atoms with van der Waals surface area (Å²) in [5, 5.41) is 2.47. The summed E-state index contributed by atoms with van der Waals surface area (Å²) in [4.78, 5) is 31.6. The molecule has 0 spiro atoms. The summed E-state index contributed by atoms with van der Waals surface area (Å²) >= 11 is 1.84. The second-order valence-electron chi connectivity index (χ2n) is 15.4. The standard InChI is InChI=1S/C16H18N2O.C16H18N2S.C14H15N3O.3CH4/c2*1-7-8(2)10(4)15-13(9(7)3)14-16(19-15)11(5)17-12(6)18-14;1-6-7(2)13-11(16-8(6)3)12-14(18-13)9(4)15-10(5)17-12;;;/h2*1-6H3;1-5H3;3*1H4. The van der Waals surface area contributed by atoms with Crippen molar-refractivity contribution in [3.05, 3.63) is 95.9 Å². The van der Waals surface area contributed by atoms with Gasteiger partial charge in [-0.25, -0.2) is 34.9 Å². The summed E-state index contributed by atoms with van der Waals surface area (Å²) < 4.78 is 14.6. The third-order valence-corrected chi connectivity index (χ3v) is 13.4. The summed E-state index contributed by atoms with van der Waals surface area (Å²) in [6.07, 6.45) is 0. The number of hydrogen-bond acceptors (Lipinski definition) is 10. The van der Waals surface area contributed by atoms with Crippen molar-refractivity contribution >= 4 is 75.9 Å². The zero-order valence-corrected chi connectivity index (χ0v) is 36.7. The van der Waals surface area contributed by atoms with Crippen LogP contribution in [0.25, 0.3) is 64.6 Å². The van der Waals surface area contributed by atoms with Gasteiger partial charge in [-0.3, -0.25) is 0 Å². The van der Waals surface area contributed by atoms with Crippen molar-refractivity contribution in [1.29, 1.82) is 0 Å². The SMILES string of the molecule is C.C.C.Cc1nc(C)c2oc3c(C)c(C)c(C)c(C)c3c2n1.Cc1nc(C)c2oc3c(C)c(C)c(C)nc3c2n1.Cc1nc(C)c2sc3c(C)c(C)c(C)c(C)c3c2n1. The minimum Gasteiger partial charge on any atom is -0.452 e. The second kappa shape index (κ2) is 16.7. The molecule has 0 aliphatic rings. The van der Waals surface area contributed by atoms with Crippen molar-refractivity contribution in [2.24, 2.45) is 0 Å². The highest BCUT2D eigenvalue weighted by atomic mass is 32.1. The Labute approximate surface area is 354 Å². The van der Waals surface area contributed by atoms with Crippen LogP contribution in [0.4, 0.5) is 0 Å². The van der Waals surface area contributed by atoms with Gasteiger partial charge in [-0.1, -0.05) is 22.3 Å². The zero-order valence-electron chi connectivity index (χ0n) is 35.9. The number of furan rings is 2. The van der Waals surface area contributed by atoms with Gasteiger partial charge in [0.2, 0.25) is 0 Å². The van der Waals surface area contributed by atoms with Gasteiger partial charge < -0.3 is 8.83 Å². The Hall–Kier alpha value is -5.35. The highest BCUT2D eigenvalue weighted by Crippen LogP contribution is 2.41. The third kappa shape index (κ3) is 7.45. The topological polar surface area (TPSA) is 117 Å². The summed E-state index contributed by atoms with van der Waals surface area (Å²) in [5.74, 6) is 2.41. The van der Waals surface area contributed by atoms with Crippen LogP contribution in [0.3, 0.4) is 0 Å². The fourth-order valence-corrected chi connectivity index (χ4v) is 9.17. The van der Waals surface area contributed by atoms with Crippen LogP contribution in [0.15, 0.2) is 8.83 Å². The number of benzene rings is 2. The molecule has 9 aromatic rings. The molecule has 0 saturated carbocycles. The quantitative estimate of drug-likeness (QED) is 0.147. The maximum Gasteiger partial charge on any atom is 0.176 e. The van der Waals surface area contributed by atoms with Gasteiger partial charge in [0.1, 0.15) is 39.6 Å². The minimum atomic E-state index is 0. The lowest BCUT2D eigenvalue weighted by molar-refractivity contribution is 0.656. The lowest BCUT2D eigenvalue weighted by Crippen LogP contribution is -1.93. The third-order valence-electron chi connectivity index (χ3n) is 12.0. The zero-order chi connectivity index (χ0) is 40.8. The Kier molecular flexibility index (Phi) is 13.1. The van der Waals surface area contributed by atoms with Crippen LogP contribution in [-0.2, 0) is 0 Å². The second-order valence-corrected chi connectivity index (χ2v) is 16.5. The van der Waals surface area contributed by atoms with Gasteiger partial charge in [-0.2, -0.15) is 0 Å². The number of aromatic nitrogens is 7. The maximum atomic E-state index is 6.06. The molecular weight excluding hydrogens is 751 g/mol. The first-order valence-electron chi connectivity index (χ1n) is 19.1. The highest BCUT2D eigenvalue weighted by Gasteiger charge is 2.21. The predicted molar refractivity (Wildman–Crippen MR) is 252 cm³/mol. The van der Waals surface area contributed by atoms with E-state index in [2.05, 4.69) is 106 Å². The average Bonchev–Trinajstić information content (AvgIpc) is 3.84. The smallest absolute Gasteiger partial charge is 0.176 e. The molecule has 312 valence electrons. The molecule has 0 atom stereocenters. The van der Waals surface area contributed by atoms with Crippen molar-refractivity contribution in [1.82, 2.24) is 34.9 Å². The summed E-state index contributed by atoms with van der Waals surface area (Å²) in [5.41, 5.74) is 23.9. The van der Waals surface area contributed by atoms with Crippen molar-refractivity contribution in [2.75, 3.05) is 0 Å². The maximum absolute atomic E-state index is 6.06. The minimum absolute atomic E-state index is 0. The molecule has 7 aromatic heterocycles. The van der Waals surface area contributed by atoms with Crippen molar-refractivity contribution < 1.29 is 8.83 Å². The normalized spacial score (nSPS) is 11.1. The van der Waals surface area contributed by atoms with Crippen LogP contribution in [0.2, 0.25) is 0 Å². The fourth-order valence-electron chi connectivity index (χ4n) is 7.87. The predicted octanol–water partition coefficient (Wildman–Crippen LogP) is 14.1. The molecule has 7 heterocycles. The number of fused-ring (bicyclic) bond motifs is 9. The Morgan fingerprint density at radius 2 is 0.695 bits per heavy atom. The van der Waals surface area contributed by atoms with Gasteiger partial charge in [0, 0.05) is 15.8 Å². The van der Waals surface area contributed by atoms with Gasteiger partial charge in [0.05, 0.1) is 32.7 Å². The van der Waals surface area contributed by atoms with Crippen LogP contribution < -0.4 is 0 Å². The molecule has 0 amide bonds. The summed E-state index contributed by atoms with van der Waals surface area (Å²) in [6, 6.07) is 0. The number of thiophene rings is 1. The molecule has 0 N–H and O–H groups in total. The first-order valence-corrected chi connectivity index (χ1v) is 19.9. The Morgan fingerprint density at radius 3 is 1.27 bits per heavy atom. The van der Waals surface area contributed by atoms with Crippen LogP contribution in [0, 0.1) is 118 Å². The molecule has 59 heavy (non-hydrogen) atoms. The molecule has 9 rings (SSSR count). The number of pyridine rings is 1. The van der Waals surface area contributed by atoms with Crippen LogP contribution in [-0.4, -0.2) is 34.9 Å². The van der Waals surface area contributed by atoms with Gasteiger partial charge in [0.25, 0.3) is 0 Å². The van der Waals surface area contributed by atoms with Crippen molar-refractivity contribution in [2.45, 2.75) is 140 Å². The van der Waals surface area contributed by atoms with E-state index in [1.165, 1.54) is 64.9 Å². The lowest BCUT2D eigenvalue weighted by atomic mass is 9.95. The molecule has 0 bridgehead atoms. The number of hydrogen-bond donors (Lipinski definition) is 0. The highest BCUT2D eigenvalue weighted by molar-refractivity contribution is 7.26. The number of aryl methyl sites for hydroxylation is 12. The summed E-state index contributed by atoms with van der Waals surface area (Å²) in [6.45, 7) is 35.3. The Bertz CT molecular complexity index is 2970. The molecule has 0 aliphatic carbocycles. The van der Waals surface area contributed by atoms with E-state index in [0.717, 1.165) is 95.6 Å². The molecule has 10 heteroatoms. The number of nitrogens with zero attached hydrogens (tertiary/aromatic N) is 7. The molecular formula is C49H63N7O2S. The van der Waals surface area contributed by atoms with Gasteiger partial charge in [-0.15, -0.1) is 11.3 Å². The Morgan fingerprint density at radius 1 is 0.288 bits per heavy atom. The molecule has 2 aromatic carbocycles. The van der Waals surface area contributed by atoms with Crippen LogP contribution in [0.5, 0.6) is 0 Å². The molecule has 0 radical (unpaired) electrons. The summed E-state index contributed by atoms with van der Waals surface area (Å²) in [7, 11) is 0. The number of rotatable bonds is 0. The monoisotopic (exact) mass is 813 g/mol. The van der Waals surface area contributed by atoms with Crippen molar-refractivity contribution in [3.63, 3.8) is 0 Å². The van der Waals surface area contributed by atoms with E-state index in [4.69, 9.17) is 13.8 Å². The van der Waals surface area contributed by atoms with Gasteiger partial charge in [-0.05, 0) is 173 Å². The van der Waals surface area contributed by atoms with Crippen LogP contribution >= 0.6 is 11.3 Å². The first-order chi connectivity index (χ1) is 26.3. The van der Waals surface area contributed by atoms with Gasteiger partial charge in [0.15, 0.2) is 16.7 Å². The van der Waals surface area contributed by atoms with Crippen molar-refractivity contribution in [3.8, 4) is 0 Å². The largest absolute Gasteiger partial charge is 0.452 e. The lowest BCUT2D eigenvalue weighted by Gasteiger charge is -2.10. The molecule has 0 unspecified atom stereocenters. The Balaban J connectivity index is 0.000000191. The van der Waals surface area contributed by atoms with E-state index in [1.807, 2.05) is 52.9 Å². The first kappa shape index (κ1) is 46.3. The van der Waals surface area contributed by atoms with E-state index in [0.29, 0.717) is 0 Å². The van der Waals surface area contributed by atoms with E-state index in [-0.39, 0.29) is 22.3 Å². The molecule has 9 nitrogen and oxygen atoms in total. The molecule has 0 fully saturated rings. The molecule has 0 aliphatic heterocycles. The van der Waals surface area contributed by atoms with E-state index < -0.39 is 0 Å². The average molecular weight is 814 g/mol. The van der Waals surface area contributed by atoms with Crippen LogP contribution in [0.1, 0.15) is 118 Å². The van der Waals surface area contributed by atoms with E-state index in [1.54, 1.807) is 0 Å². The van der Waals surface area contributed by atoms with E-state index in [9.17, 15) is 0 Å². The fraction of sp³-hybridized carbons (Fsp3) is 0.408. The van der Waals surface area contributed by atoms with E-state index >= 15 is 0 Å².